The van der Waals surface area contributed by atoms with Crippen LogP contribution in [0.1, 0.15) is 19.4 Å². The molecule has 11 heteroatoms. The molecule has 0 saturated carbocycles. The maximum absolute atomic E-state index is 12.5. The molecule has 2 unspecified atom stereocenters. The van der Waals surface area contributed by atoms with Crippen LogP contribution in [0, 0.1) is 16.0 Å². The SMILES string of the molecule is C=C(C)C(C(=O)OC)N1C(=O)[C@H]([C@@H](C)OC(=O)OCc2ccc([N+](=O)[O-])cc2)C1Cl. The monoisotopic (exact) mass is 440 g/mol. The highest BCUT2D eigenvalue weighted by molar-refractivity contribution is 6.25. The van der Waals surface area contributed by atoms with Crippen molar-refractivity contribution in [3.63, 3.8) is 0 Å². The highest BCUT2D eigenvalue weighted by atomic mass is 35.5. The summed E-state index contributed by atoms with van der Waals surface area (Å²) in [6, 6.07) is 4.43. The molecule has 1 aromatic carbocycles. The van der Waals surface area contributed by atoms with Crippen LogP contribution in [0.4, 0.5) is 10.5 Å². The van der Waals surface area contributed by atoms with Gasteiger partial charge in [0.2, 0.25) is 5.91 Å². The van der Waals surface area contributed by atoms with Crippen molar-refractivity contribution in [1.82, 2.24) is 4.90 Å². The second-order valence-electron chi connectivity index (χ2n) is 6.70. The van der Waals surface area contributed by atoms with Gasteiger partial charge < -0.3 is 19.1 Å². The summed E-state index contributed by atoms with van der Waals surface area (Å²) in [7, 11) is 1.19. The predicted octanol–water partition coefficient (Wildman–Crippen LogP) is 2.78. The van der Waals surface area contributed by atoms with E-state index in [1.165, 1.54) is 38.3 Å². The molecule has 0 aliphatic carbocycles. The molecule has 2 rings (SSSR count). The van der Waals surface area contributed by atoms with Gasteiger partial charge in [0.25, 0.3) is 5.69 Å². The van der Waals surface area contributed by atoms with Crippen LogP contribution in [-0.4, -0.2) is 52.6 Å². The van der Waals surface area contributed by atoms with Gasteiger partial charge in [0.15, 0.2) is 6.04 Å². The normalized spacial score (nSPS) is 19.9. The van der Waals surface area contributed by atoms with Gasteiger partial charge in [0, 0.05) is 12.1 Å². The predicted molar refractivity (Wildman–Crippen MR) is 104 cm³/mol. The number of benzene rings is 1. The van der Waals surface area contributed by atoms with Crippen LogP contribution in [0.2, 0.25) is 0 Å². The number of esters is 1. The third-order valence-corrected chi connectivity index (χ3v) is 5.04. The van der Waals surface area contributed by atoms with E-state index >= 15 is 0 Å². The van der Waals surface area contributed by atoms with Gasteiger partial charge in [-0.1, -0.05) is 18.2 Å². The highest BCUT2D eigenvalue weighted by Gasteiger charge is 2.55. The van der Waals surface area contributed by atoms with E-state index in [-0.39, 0.29) is 12.3 Å². The van der Waals surface area contributed by atoms with E-state index < -0.39 is 46.5 Å². The van der Waals surface area contributed by atoms with Gasteiger partial charge in [-0.25, -0.2) is 9.59 Å². The Bertz CT molecular complexity index is 857. The average molecular weight is 441 g/mol. The van der Waals surface area contributed by atoms with Crippen molar-refractivity contribution in [2.24, 2.45) is 5.92 Å². The molecule has 4 atom stereocenters. The number of rotatable bonds is 8. The molecule has 0 radical (unpaired) electrons. The standard InChI is InChI=1S/C19H21ClN2O8/c1-10(2)15(18(24)28-4)21-16(20)14(17(21)23)11(3)30-19(25)29-9-12-5-7-13(8-6-12)22(26)27/h5-8,11,14-16H,1,9H2,2-4H3/t11-,14-,15?,16?/m1/s1. The first kappa shape index (κ1) is 23.1. The molecule has 1 aliphatic heterocycles. The molecular weight excluding hydrogens is 420 g/mol. The van der Waals surface area contributed by atoms with E-state index in [4.69, 9.17) is 21.1 Å². The molecule has 10 nitrogen and oxygen atoms in total. The molecule has 0 bridgehead atoms. The average Bonchev–Trinajstić information content (AvgIpc) is 2.69. The molecule has 1 heterocycles. The highest BCUT2D eigenvalue weighted by Crippen LogP contribution is 2.37. The molecule has 1 saturated heterocycles. The van der Waals surface area contributed by atoms with Crippen LogP contribution in [0.3, 0.4) is 0 Å². The minimum Gasteiger partial charge on any atom is -0.467 e. The van der Waals surface area contributed by atoms with Crippen molar-refractivity contribution >= 4 is 35.3 Å². The molecule has 162 valence electrons. The zero-order chi connectivity index (χ0) is 22.6. The number of likely N-dealkylation sites (tertiary alicyclic amines) is 1. The molecular formula is C19H21ClN2O8. The van der Waals surface area contributed by atoms with Crippen molar-refractivity contribution in [3.8, 4) is 0 Å². The van der Waals surface area contributed by atoms with Crippen molar-refractivity contribution in [3.05, 3.63) is 52.1 Å². The number of alkyl halides is 1. The third kappa shape index (κ3) is 4.88. The summed E-state index contributed by atoms with van der Waals surface area (Å²) in [6.45, 7) is 6.57. The summed E-state index contributed by atoms with van der Waals surface area (Å²) in [5.74, 6) is -2.02. The molecule has 1 aromatic rings. The summed E-state index contributed by atoms with van der Waals surface area (Å²) in [6.07, 6.45) is -1.94. The smallest absolute Gasteiger partial charge is 0.467 e. The van der Waals surface area contributed by atoms with Crippen molar-refractivity contribution in [2.75, 3.05) is 7.11 Å². The number of halogens is 1. The number of β-lactam (4-membered cyclic amide) rings is 1. The fourth-order valence-corrected chi connectivity index (χ4v) is 3.50. The maximum atomic E-state index is 12.5. The summed E-state index contributed by atoms with van der Waals surface area (Å²) in [5, 5.41) is 10.6. The van der Waals surface area contributed by atoms with Crippen LogP contribution in [-0.2, 0) is 30.4 Å². The van der Waals surface area contributed by atoms with E-state index in [1.807, 2.05) is 0 Å². The Balaban J connectivity index is 1.91. The number of methoxy groups -OCH3 is 1. The first-order chi connectivity index (χ1) is 14.1. The largest absolute Gasteiger partial charge is 0.508 e. The van der Waals surface area contributed by atoms with Crippen molar-refractivity contribution in [1.29, 1.82) is 0 Å². The summed E-state index contributed by atoms with van der Waals surface area (Å²) in [4.78, 5) is 47.6. The van der Waals surface area contributed by atoms with Crippen LogP contribution in [0.5, 0.6) is 0 Å². The van der Waals surface area contributed by atoms with Gasteiger partial charge in [-0.3, -0.25) is 14.9 Å². The lowest BCUT2D eigenvalue weighted by Crippen LogP contribution is -2.67. The second kappa shape index (κ2) is 9.57. The number of ether oxygens (including phenoxy) is 3. The van der Waals surface area contributed by atoms with Crippen molar-refractivity contribution in [2.45, 2.75) is 38.1 Å². The zero-order valence-electron chi connectivity index (χ0n) is 16.6. The lowest BCUT2D eigenvalue weighted by molar-refractivity contribution is -0.384. The van der Waals surface area contributed by atoms with E-state index in [0.717, 1.165) is 4.90 Å². The first-order valence-corrected chi connectivity index (χ1v) is 9.28. The maximum Gasteiger partial charge on any atom is 0.508 e. The first-order valence-electron chi connectivity index (χ1n) is 8.84. The van der Waals surface area contributed by atoms with Gasteiger partial charge in [0.1, 0.15) is 24.1 Å². The van der Waals surface area contributed by atoms with E-state index in [9.17, 15) is 24.5 Å². The fourth-order valence-electron chi connectivity index (χ4n) is 2.98. The number of nitrogens with zero attached hydrogens (tertiary/aromatic N) is 2. The molecule has 1 fully saturated rings. The molecule has 0 N–H and O–H groups in total. The fraction of sp³-hybridized carbons (Fsp3) is 0.421. The molecule has 0 spiro atoms. The summed E-state index contributed by atoms with van der Waals surface area (Å²) < 4.78 is 14.8. The van der Waals surface area contributed by atoms with E-state index in [1.54, 1.807) is 6.92 Å². The Kier molecular flexibility index (Phi) is 7.38. The number of carbonyl (C=O) groups is 3. The Hall–Kier alpha value is -3.14. The second-order valence-corrected chi connectivity index (χ2v) is 7.15. The molecule has 30 heavy (non-hydrogen) atoms. The van der Waals surface area contributed by atoms with Crippen molar-refractivity contribution < 1.29 is 33.5 Å². The number of amides is 1. The molecule has 1 amide bonds. The molecule has 0 aromatic heterocycles. The minimum absolute atomic E-state index is 0.0869. The number of carbonyl (C=O) groups excluding carboxylic acids is 3. The van der Waals surface area contributed by atoms with Crippen LogP contribution in [0.15, 0.2) is 36.4 Å². The number of nitro groups is 1. The number of hydrogen-bond donors (Lipinski definition) is 0. The Labute approximate surface area is 177 Å². The number of hydrogen-bond acceptors (Lipinski definition) is 8. The van der Waals surface area contributed by atoms with Gasteiger partial charge in [-0.2, -0.15) is 0 Å². The number of non-ortho nitro benzene ring substituents is 1. The Morgan fingerprint density at radius 2 is 1.93 bits per heavy atom. The van der Waals surface area contributed by atoms with Gasteiger partial charge in [0.05, 0.1) is 12.0 Å². The summed E-state index contributed by atoms with van der Waals surface area (Å²) in [5.41, 5.74) is -0.0870. The number of nitro benzene ring substituents is 1. The van der Waals surface area contributed by atoms with Gasteiger partial charge >= 0.3 is 12.1 Å². The van der Waals surface area contributed by atoms with E-state index in [2.05, 4.69) is 11.3 Å². The summed E-state index contributed by atoms with van der Waals surface area (Å²) >= 11 is 6.28. The van der Waals surface area contributed by atoms with Gasteiger partial charge in [-0.05, 0) is 37.1 Å². The molecule has 1 aliphatic rings. The third-order valence-electron chi connectivity index (χ3n) is 4.56. The Morgan fingerprint density at radius 1 is 1.33 bits per heavy atom. The quantitative estimate of drug-likeness (QED) is 0.115. The van der Waals surface area contributed by atoms with E-state index in [0.29, 0.717) is 11.1 Å². The lowest BCUT2D eigenvalue weighted by atomic mass is 9.89. The van der Waals surface area contributed by atoms with Gasteiger partial charge in [-0.15, -0.1) is 0 Å². The van der Waals surface area contributed by atoms with Crippen LogP contribution < -0.4 is 0 Å². The van der Waals surface area contributed by atoms with Crippen LogP contribution in [0.25, 0.3) is 0 Å². The lowest BCUT2D eigenvalue weighted by Gasteiger charge is -2.48. The zero-order valence-corrected chi connectivity index (χ0v) is 17.3. The minimum atomic E-state index is -1.03. The Morgan fingerprint density at radius 3 is 2.40 bits per heavy atom. The van der Waals surface area contributed by atoms with Crippen LogP contribution >= 0.6 is 11.6 Å². The topological polar surface area (TPSA) is 125 Å².